The first-order valence-electron chi connectivity index (χ1n) is 6.55. The Labute approximate surface area is 137 Å². The summed E-state index contributed by atoms with van der Waals surface area (Å²) < 4.78 is 0. The van der Waals surface area contributed by atoms with E-state index in [1.165, 1.54) is 32.1 Å². The van der Waals surface area contributed by atoms with E-state index in [4.69, 9.17) is 17.3 Å². The zero-order valence-corrected chi connectivity index (χ0v) is 14.0. The quantitative estimate of drug-likeness (QED) is 0.467. The predicted molar refractivity (Wildman–Crippen MR) is 92.2 cm³/mol. The highest BCUT2D eigenvalue weighted by Gasteiger charge is 2.13. The summed E-state index contributed by atoms with van der Waals surface area (Å²) in [6, 6.07) is 8.21. The second kappa shape index (κ2) is 8.64. The monoisotopic (exact) mass is 393 g/mol. The SMILES string of the molecule is I.NC(=NCc1ccccc1Cl)NC1CCCCC1. The summed E-state index contributed by atoms with van der Waals surface area (Å²) in [5.74, 6) is 0.529. The van der Waals surface area contributed by atoms with Crippen LogP contribution in [0.25, 0.3) is 0 Å². The van der Waals surface area contributed by atoms with E-state index < -0.39 is 0 Å². The van der Waals surface area contributed by atoms with Crippen molar-refractivity contribution in [3.05, 3.63) is 34.9 Å². The molecule has 2 rings (SSSR count). The van der Waals surface area contributed by atoms with E-state index >= 15 is 0 Å². The molecule has 1 saturated carbocycles. The Kier molecular flexibility index (Phi) is 7.53. The van der Waals surface area contributed by atoms with Crippen molar-refractivity contribution < 1.29 is 0 Å². The van der Waals surface area contributed by atoms with Crippen LogP contribution in [0.1, 0.15) is 37.7 Å². The number of guanidine groups is 1. The van der Waals surface area contributed by atoms with Crippen molar-refractivity contribution in [2.45, 2.75) is 44.7 Å². The highest BCUT2D eigenvalue weighted by Crippen LogP contribution is 2.17. The van der Waals surface area contributed by atoms with Gasteiger partial charge in [0, 0.05) is 11.1 Å². The van der Waals surface area contributed by atoms with E-state index in [1.807, 2.05) is 24.3 Å². The number of rotatable bonds is 3. The van der Waals surface area contributed by atoms with Gasteiger partial charge in [0.1, 0.15) is 0 Å². The van der Waals surface area contributed by atoms with Gasteiger partial charge < -0.3 is 11.1 Å². The van der Waals surface area contributed by atoms with E-state index in [2.05, 4.69) is 10.3 Å². The smallest absolute Gasteiger partial charge is 0.189 e. The second-order valence-electron chi connectivity index (χ2n) is 4.77. The molecule has 0 radical (unpaired) electrons. The van der Waals surface area contributed by atoms with Crippen molar-refractivity contribution in [1.29, 1.82) is 0 Å². The van der Waals surface area contributed by atoms with Crippen LogP contribution >= 0.6 is 35.6 Å². The lowest BCUT2D eigenvalue weighted by Crippen LogP contribution is -2.41. The summed E-state index contributed by atoms with van der Waals surface area (Å²) >= 11 is 6.07. The van der Waals surface area contributed by atoms with Crippen LogP contribution in [0.5, 0.6) is 0 Å². The summed E-state index contributed by atoms with van der Waals surface area (Å²) in [7, 11) is 0. The van der Waals surface area contributed by atoms with Gasteiger partial charge in [0.2, 0.25) is 0 Å². The Balaban J connectivity index is 0.00000180. The minimum atomic E-state index is 0. The molecule has 1 aliphatic rings. The molecule has 1 aromatic rings. The predicted octanol–water partition coefficient (Wildman–Crippen LogP) is 3.70. The van der Waals surface area contributed by atoms with Gasteiger partial charge in [-0.1, -0.05) is 49.1 Å². The van der Waals surface area contributed by atoms with E-state index in [1.54, 1.807) is 0 Å². The lowest BCUT2D eigenvalue weighted by Gasteiger charge is -2.23. The topological polar surface area (TPSA) is 50.4 Å². The van der Waals surface area contributed by atoms with Crippen LogP contribution in [0.3, 0.4) is 0 Å². The fourth-order valence-electron chi connectivity index (χ4n) is 2.30. The molecule has 3 N–H and O–H groups in total. The number of nitrogens with two attached hydrogens (primary N) is 1. The third kappa shape index (κ3) is 5.57. The molecule has 3 nitrogen and oxygen atoms in total. The second-order valence-corrected chi connectivity index (χ2v) is 5.18. The molecule has 1 aromatic carbocycles. The molecule has 19 heavy (non-hydrogen) atoms. The largest absolute Gasteiger partial charge is 0.370 e. The van der Waals surface area contributed by atoms with Crippen LogP contribution in [0.2, 0.25) is 5.02 Å². The third-order valence-corrected chi connectivity index (χ3v) is 3.70. The zero-order valence-electron chi connectivity index (χ0n) is 10.9. The minimum Gasteiger partial charge on any atom is -0.370 e. The fraction of sp³-hybridized carbons (Fsp3) is 0.500. The van der Waals surface area contributed by atoms with Crippen molar-refractivity contribution in [2.75, 3.05) is 0 Å². The number of nitrogens with one attached hydrogen (secondary N) is 1. The Morgan fingerprint density at radius 1 is 1.26 bits per heavy atom. The van der Waals surface area contributed by atoms with Gasteiger partial charge in [-0.05, 0) is 24.5 Å². The normalized spacial score (nSPS) is 16.8. The van der Waals surface area contributed by atoms with Crippen LogP contribution in [0, 0.1) is 0 Å². The van der Waals surface area contributed by atoms with Crippen LogP contribution < -0.4 is 11.1 Å². The molecular weight excluding hydrogens is 373 g/mol. The zero-order chi connectivity index (χ0) is 12.8. The average molecular weight is 394 g/mol. The Morgan fingerprint density at radius 3 is 2.63 bits per heavy atom. The van der Waals surface area contributed by atoms with Gasteiger partial charge in [-0.15, -0.1) is 24.0 Å². The number of nitrogens with zero attached hydrogens (tertiary/aromatic N) is 1. The van der Waals surface area contributed by atoms with E-state index in [-0.39, 0.29) is 24.0 Å². The van der Waals surface area contributed by atoms with Gasteiger partial charge >= 0.3 is 0 Å². The van der Waals surface area contributed by atoms with Crippen molar-refractivity contribution in [1.82, 2.24) is 5.32 Å². The summed E-state index contributed by atoms with van der Waals surface area (Å²) in [6.07, 6.45) is 6.31. The molecule has 1 fully saturated rings. The van der Waals surface area contributed by atoms with E-state index in [9.17, 15) is 0 Å². The maximum atomic E-state index is 6.07. The van der Waals surface area contributed by atoms with Crippen LogP contribution in [-0.2, 0) is 6.54 Å². The van der Waals surface area contributed by atoms with Crippen molar-refractivity contribution >= 4 is 41.5 Å². The van der Waals surface area contributed by atoms with Gasteiger partial charge in [0.15, 0.2) is 5.96 Å². The molecular formula is C14H21ClIN3. The number of halogens is 2. The summed E-state index contributed by atoms with van der Waals surface area (Å²) in [6.45, 7) is 0.533. The standard InChI is InChI=1S/C14H20ClN3.HI/c15-13-9-5-4-6-11(13)10-17-14(16)18-12-7-2-1-3-8-12;/h4-6,9,12H,1-3,7-8,10H2,(H3,16,17,18);1H. The van der Waals surface area contributed by atoms with Gasteiger partial charge in [0.05, 0.1) is 6.54 Å². The number of aliphatic imine (C=N–C) groups is 1. The maximum absolute atomic E-state index is 6.07. The van der Waals surface area contributed by atoms with Crippen LogP contribution in [0.15, 0.2) is 29.3 Å². The average Bonchev–Trinajstić information content (AvgIpc) is 2.39. The van der Waals surface area contributed by atoms with Gasteiger partial charge in [-0.25, -0.2) is 4.99 Å². The van der Waals surface area contributed by atoms with Crippen molar-refractivity contribution in [3.8, 4) is 0 Å². The summed E-state index contributed by atoms with van der Waals surface area (Å²) in [5.41, 5.74) is 6.91. The maximum Gasteiger partial charge on any atom is 0.189 e. The summed E-state index contributed by atoms with van der Waals surface area (Å²) in [5, 5.41) is 4.04. The van der Waals surface area contributed by atoms with Crippen molar-refractivity contribution in [2.24, 2.45) is 10.7 Å². The Bertz CT molecular complexity index is 417. The minimum absolute atomic E-state index is 0. The summed E-state index contributed by atoms with van der Waals surface area (Å²) in [4.78, 5) is 4.35. The Hall–Kier alpha value is -0.490. The first-order valence-corrected chi connectivity index (χ1v) is 6.93. The molecule has 0 amide bonds. The lowest BCUT2D eigenvalue weighted by molar-refractivity contribution is 0.412. The van der Waals surface area contributed by atoms with Gasteiger partial charge in [-0.2, -0.15) is 0 Å². The van der Waals surface area contributed by atoms with Crippen molar-refractivity contribution in [3.63, 3.8) is 0 Å². The molecule has 0 aliphatic heterocycles. The third-order valence-electron chi connectivity index (χ3n) is 3.33. The van der Waals surface area contributed by atoms with Crippen LogP contribution in [-0.4, -0.2) is 12.0 Å². The Morgan fingerprint density at radius 2 is 1.95 bits per heavy atom. The van der Waals surface area contributed by atoms with Gasteiger partial charge in [-0.3, -0.25) is 0 Å². The fourth-order valence-corrected chi connectivity index (χ4v) is 2.49. The first-order chi connectivity index (χ1) is 8.75. The molecule has 0 aromatic heterocycles. The molecule has 5 heteroatoms. The first kappa shape index (κ1) is 16.6. The highest BCUT2D eigenvalue weighted by atomic mass is 127. The van der Waals surface area contributed by atoms with Crippen LogP contribution in [0.4, 0.5) is 0 Å². The molecule has 0 unspecified atom stereocenters. The molecule has 106 valence electrons. The van der Waals surface area contributed by atoms with Gasteiger partial charge in [0.25, 0.3) is 0 Å². The van der Waals surface area contributed by atoms with E-state index in [0.29, 0.717) is 18.5 Å². The lowest BCUT2D eigenvalue weighted by atomic mass is 9.96. The molecule has 0 heterocycles. The molecule has 0 spiro atoms. The molecule has 0 saturated heterocycles. The number of benzene rings is 1. The van der Waals surface area contributed by atoms with E-state index in [0.717, 1.165) is 10.6 Å². The number of hydrogen-bond acceptors (Lipinski definition) is 1. The molecule has 0 atom stereocenters. The molecule has 0 bridgehead atoms. The number of hydrogen-bond donors (Lipinski definition) is 2. The highest BCUT2D eigenvalue weighted by molar-refractivity contribution is 14.0. The molecule has 1 aliphatic carbocycles.